The van der Waals surface area contributed by atoms with Crippen LogP contribution in [0.15, 0.2) is 71.3 Å². The van der Waals surface area contributed by atoms with Crippen molar-refractivity contribution in [3.8, 4) is 11.6 Å². The highest BCUT2D eigenvalue weighted by Gasteiger charge is 2.17. The molecule has 0 aliphatic rings. The largest absolute Gasteiger partial charge is 0.461 e. The number of nitrogens with zero attached hydrogens (tertiary/aromatic N) is 2. The lowest BCUT2D eigenvalue weighted by Crippen LogP contribution is -2.11. The van der Waals surface area contributed by atoms with Crippen molar-refractivity contribution in [3.05, 3.63) is 77.5 Å². The SMILES string of the molecule is O=C(Cn1c(-c2ccco2)nc2ccccc21)c1ccc(Cl)cc1. The fraction of sp³-hybridized carbons (Fsp3) is 0.0526. The van der Waals surface area contributed by atoms with E-state index in [1.54, 1.807) is 36.6 Å². The molecule has 0 saturated carbocycles. The van der Waals surface area contributed by atoms with E-state index in [9.17, 15) is 4.79 Å². The number of hydrogen-bond acceptors (Lipinski definition) is 3. The van der Waals surface area contributed by atoms with E-state index >= 15 is 0 Å². The molecule has 0 aliphatic carbocycles. The molecule has 0 unspecified atom stereocenters. The second-order valence-electron chi connectivity index (χ2n) is 5.42. The molecule has 0 bridgehead atoms. The Labute approximate surface area is 143 Å². The van der Waals surface area contributed by atoms with Crippen LogP contribution in [0.25, 0.3) is 22.6 Å². The van der Waals surface area contributed by atoms with Gasteiger partial charge in [0.1, 0.15) is 0 Å². The average Bonchev–Trinajstić information content (AvgIpc) is 3.23. The molecule has 4 rings (SSSR count). The predicted octanol–water partition coefficient (Wildman–Crippen LogP) is 4.83. The molecule has 0 fully saturated rings. The van der Waals surface area contributed by atoms with Gasteiger partial charge in [0, 0.05) is 10.6 Å². The summed E-state index contributed by atoms with van der Waals surface area (Å²) >= 11 is 5.89. The van der Waals surface area contributed by atoms with E-state index in [-0.39, 0.29) is 12.3 Å². The van der Waals surface area contributed by atoms with Gasteiger partial charge in [-0.15, -0.1) is 0 Å². The van der Waals surface area contributed by atoms with Gasteiger partial charge < -0.3 is 8.98 Å². The normalized spacial score (nSPS) is 11.0. The maximum absolute atomic E-state index is 12.7. The number of carbonyl (C=O) groups is 1. The van der Waals surface area contributed by atoms with Crippen molar-refractivity contribution in [1.29, 1.82) is 0 Å². The molecule has 2 aromatic carbocycles. The summed E-state index contributed by atoms with van der Waals surface area (Å²) in [5.41, 5.74) is 2.33. The van der Waals surface area contributed by atoms with Crippen LogP contribution in [0.4, 0.5) is 0 Å². The van der Waals surface area contributed by atoms with Crippen LogP contribution in [0, 0.1) is 0 Å². The lowest BCUT2D eigenvalue weighted by atomic mass is 10.1. The second-order valence-corrected chi connectivity index (χ2v) is 5.85. The highest BCUT2D eigenvalue weighted by molar-refractivity contribution is 6.30. The summed E-state index contributed by atoms with van der Waals surface area (Å²) in [5, 5.41) is 0.607. The molecule has 0 atom stereocenters. The number of Topliss-reactive ketones (excluding diaryl/α,β-unsaturated/α-hetero) is 1. The van der Waals surface area contributed by atoms with Gasteiger partial charge in [-0.1, -0.05) is 23.7 Å². The molecule has 4 aromatic rings. The second kappa shape index (κ2) is 5.98. The van der Waals surface area contributed by atoms with Crippen molar-refractivity contribution in [3.63, 3.8) is 0 Å². The van der Waals surface area contributed by atoms with Crippen LogP contribution >= 0.6 is 11.6 Å². The van der Waals surface area contributed by atoms with Gasteiger partial charge in [0.2, 0.25) is 0 Å². The summed E-state index contributed by atoms with van der Waals surface area (Å²) in [7, 11) is 0. The number of furan rings is 1. The summed E-state index contributed by atoms with van der Waals surface area (Å²) < 4.78 is 7.36. The Balaban J connectivity index is 1.79. The molecule has 24 heavy (non-hydrogen) atoms. The molecule has 0 radical (unpaired) electrons. The number of benzene rings is 2. The number of hydrogen-bond donors (Lipinski definition) is 0. The van der Waals surface area contributed by atoms with E-state index in [1.807, 2.05) is 34.9 Å². The minimum absolute atomic E-state index is 0.0115. The maximum Gasteiger partial charge on any atom is 0.182 e. The number of fused-ring (bicyclic) bond motifs is 1. The van der Waals surface area contributed by atoms with Crippen LogP contribution in [0.3, 0.4) is 0 Å². The lowest BCUT2D eigenvalue weighted by molar-refractivity contribution is 0.0974. The summed E-state index contributed by atoms with van der Waals surface area (Å²) in [6, 6.07) is 18.3. The smallest absolute Gasteiger partial charge is 0.182 e. The first-order chi connectivity index (χ1) is 11.7. The topological polar surface area (TPSA) is 48.0 Å². The fourth-order valence-electron chi connectivity index (χ4n) is 2.70. The Morgan fingerprint density at radius 2 is 1.83 bits per heavy atom. The van der Waals surface area contributed by atoms with Gasteiger partial charge in [0.05, 0.1) is 23.8 Å². The van der Waals surface area contributed by atoms with Crippen molar-refractivity contribution in [2.75, 3.05) is 0 Å². The van der Waals surface area contributed by atoms with Crippen molar-refractivity contribution in [2.24, 2.45) is 0 Å². The molecular weight excluding hydrogens is 324 g/mol. The third kappa shape index (κ3) is 2.61. The first kappa shape index (κ1) is 14.7. The summed E-state index contributed by atoms with van der Waals surface area (Å²) in [5.74, 6) is 1.27. The Morgan fingerprint density at radius 1 is 1.04 bits per heavy atom. The van der Waals surface area contributed by atoms with Crippen molar-refractivity contribution in [2.45, 2.75) is 6.54 Å². The van der Waals surface area contributed by atoms with Crippen LogP contribution in [0.2, 0.25) is 5.02 Å². The molecule has 2 heterocycles. The fourth-order valence-corrected chi connectivity index (χ4v) is 2.83. The van der Waals surface area contributed by atoms with E-state index in [2.05, 4.69) is 4.98 Å². The van der Waals surface area contributed by atoms with E-state index in [0.29, 0.717) is 22.2 Å². The van der Waals surface area contributed by atoms with Crippen molar-refractivity contribution >= 4 is 28.4 Å². The van der Waals surface area contributed by atoms with Gasteiger partial charge in [0.15, 0.2) is 17.4 Å². The highest BCUT2D eigenvalue weighted by atomic mass is 35.5. The number of aromatic nitrogens is 2. The Kier molecular flexibility index (Phi) is 3.67. The molecule has 5 heteroatoms. The Bertz CT molecular complexity index is 1000. The first-order valence-electron chi connectivity index (χ1n) is 7.50. The molecule has 0 N–H and O–H groups in total. The quantitative estimate of drug-likeness (QED) is 0.501. The summed E-state index contributed by atoms with van der Waals surface area (Å²) in [6.45, 7) is 0.179. The first-order valence-corrected chi connectivity index (χ1v) is 7.88. The van der Waals surface area contributed by atoms with Gasteiger partial charge in [-0.25, -0.2) is 4.98 Å². The molecule has 0 aliphatic heterocycles. The Morgan fingerprint density at radius 3 is 2.58 bits per heavy atom. The lowest BCUT2D eigenvalue weighted by Gasteiger charge is -2.07. The number of carbonyl (C=O) groups excluding carboxylic acids is 1. The third-order valence-electron chi connectivity index (χ3n) is 3.86. The molecule has 0 spiro atoms. The summed E-state index contributed by atoms with van der Waals surface area (Å²) in [6.07, 6.45) is 1.60. The average molecular weight is 337 g/mol. The number of ketones is 1. The molecular formula is C19H13ClN2O2. The molecule has 4 nitrogen and oxygen atoms in total. The number of halogens is 1. The van der Waals surface area contributed by atoms with Crippen LogP contribution in [0.5, 0.6) is 0 Å². The molecule has 0 amide bonds. The molecule has 118 valence electrons. The van der Waals surface area contributed by atoms with Crippen LogP contribution in [-0.4, -0.2) is 15.3 Å². The van der Waals surface area contributed by atoms with E-state index in [4.69, 9.17) is 16.0 Å². The number of imidazole rings is 1. The zero-order valence-electron chi connectivity index (χ0n) is 12.6. The minimum Gasteiger partial charge on any atom is -0.461 e. The van der Waals surface area contributed by atoms with E-state index < -0.39 is 0 Å². The third-order valence-corrected chi connectivity index (χ3v) is 4.12. The van der Waals surface area contributed by atoms with Gasteiger partial charge in [0.25, 0.3) is 0 Å². The van der Waals surface area contributed by atoms with E-state index in [0.717, 1.165) is 11.0 Å². The highest BCUT2D eigenvalue weighted by Crippen LogP contribution is 2.25. The van der Waals surface area contributed by atoms with Crippen molar-refractivity contribution < 1.29 is 9.21 Å². The zero-order chi connectivity index (χ0) is 16.5. The maximum atomic E-state index is 12.7. The standard InChI is InChI=1S/C19H13ClN2O2/c20-14-9-7-13(8-10-14)17(23)12-22-16-5-2-1-4-15(16)21-19(22)18-6-3-11-24-18/h1-11H,12H2. The predicted molar refractivity (Wildman–Crippen MR) is 93.2 cm³/mol. The van der Waals surface area contributed by atoms with Gasteiger partial charge in [-0.05, 0) is 48.5 Å². The molecule has 2 aromatic heterocycles. The van der Waals surface area contributed by atoms with Gasteiger partial charge >= 0.3 is 0 Å². The summed E-state index contributed by atoms with van der Waals surface area (Å²) in [4.78, 5) is 17.3. The van der Waals surface area contributed by atoms with Crippen LogP contribution < -0.4 is 0 Å². The molecule has 0 saturated heterocycles. The van der Waals surface area contributed by atoms with Gasteiger partial charge in [-0.3, -0.25) is 4.79 Å². The monoisotopic (exact) mass is 336 g/mol. The van der Waals surface area contributed by atoms with Gasteiger partial charge in [-0.2, -0.15) is 0 Å². The Hall–Kier alpha value is -2.85. The minimum atomic E-state index is -0.0115. The van der Waals surface area contributed by atoms with Crippen LogP contribution in [0.1, 0.15) is 10.4 Å². The number of rotatable bonds is 4. The zero-order valence-corrected chi connectivity index (χ0v) is 13.4. The van der Waals surface area contributed by atoms with Crippen LogP contribution in [-0.2, 0) is 6.54 Å². The van der Waals surface area contributed by atoms with E-state index in [1.165, 1.54) is 0 Å². The van der Waals surface area contributed by atoms with Crippen molar-refractivity contribution in [1.82, 2.24) is 9.55 Å². The number of para-hydroxylation sites is 2.